The van der Waals surface area contributed by atoms with E-state index in [1.807, 2.05) is 12.1 Å². The Hall–Kier alpha value is -1.86. The maximum Gasteiger partial charge on any atom is 0.257 e. The molecule has 2 aromatic carbocycles. The van der Waals surface area contributed by atoms with Gasteiger partial charge in [0.1, 0.15) is 0 Å². The Kier molecular flexibility index (Phi) is 6.32. The fraction of sp³-hybridized carbons (Fsp3) is 0.222. The number of thiocarbonyl (C=S) groups is 1. The zero-order valence-corrected chi connectivity index (χ0v) is 16.1. The van der Waals surface area contributed by atoms with Crippen LogP contribution in [0.25, 0.3) is 0 Å². The van der Waals surface area contributed by atoms with Crippen molar-refractivity contribution >= 4 is 57.8 Å². The number of rotatable bonds is 3. The fourth-order valence-electron chi connectivity index (χ4n) is 2.58. The van der Waals surface area contributed by atoms with Crippen molar-refractivity contribution in [3.8, 4) is 0 Å². The third-order valence-corrected chi connectivity index (χ3v) is 4.65. The van der Waals surface area contributed by atoms with Crippen molar-refractivity contribution in [1.29, 1.82) is 0 Å². The van der Waals surface area contributed by atoms with E-state index < -0.39 is 0 Å². The van der Waals surface area contributed by atoms with Gasteiger partial charge in [-0.15, -0.1) is 0 Å². The highest BCUT2D eigenvalue weighted by Gasteiger charge is 2.15. The van der Waals surface area contributed by atoms with Crippen molar-refractivity contribution in [1.82, 2.24) is 5.32 Å². The van der Waals surface area contributed by atoms with Crippen LogP contribution in [0.2, 0.25) is 10.0 Å². The highest BCUT2D eigenvalue weighted by Crippen LogP contribution is 2.29. The normalized spacial score (nSPS) is 14.0. The van der Waals surface area contributed by atoms with E-state index in [4.69, 9.17) is 40.2 Å². The molecule has 1 fully saturated rings. The second kappa shape index (κ2) is 8.68. The minimum Gasteiger partial charge on any atom is -0.378 e. The Morgan fingerprint density at radius 3 is 2.42 bits per heavy atom. The molecule has 0 aliphatic carbocycles. The average molecular weight is 410 g/mol. The third kappa shape index (κ3) is 4.86. The molecule has 136 valence electrons. The maximum absolute atomic E-state index is 12.2. The molecule has 0 spiro atoms. The number of nitrogens with one attached hydrogen (secondary N) is 2. The quantitative estimate of drug-likeness (QED) is 0.751. The average Bonchev–Trinajstić information content (AvgIpc) is 2.63. The number of morpholine rings is 1. The first kappa shape index (κ1) is 18.9. The summed E-state index contributed by atoms with van der Waals surface area (Å²) in [6, 6.07) is 12.2. The van der Waals surface area contributed by atoms with Crippen LogP contribution in [0.4, 0.5) is 11.4 Å². The fourth-order valence-corrected chi connectivity index (χ4v) is 3.22. The van der Waals surface area contributed by atoms with E-state index in [-0.39, 0.29) is 11.0 Å². The Morgan fingerprint density at radius 2 is 1.77 bits per heavy atom. The van der Waals surface area contributed by atoms with Crippen molar-refractivity contribution in [3.05, 3.63) is 58.1 Å². The first-order valence-electron chi connectivity index (χ1n) is 8.03. The van der Waals surface area contributed by atoms with Crippen LogP contribution in [0, 0.1) is 0 Å². The van der Waals surface area contributed by atoms with E-state index in [1.54, 1.807) is 30.3 Å². The summed E-state index contributed by atoms with van der Waals surface area (Å²) in [6.45, 7) is 3.00. The number of carbonyl (C=O) groups is 1. The number of benzene rings is 2. The molecule has 0 radical (unpaired) electrons. The van der Waals surface area contributed by atoms with Gasteiger partial charge in [0.2, 0.25) is 0 Å². The molecule has 2 aromatic rings. The lowest BCUT2D eigenvalue weighted by atomic mass is 10.2. The first-order chi connectivity index (χ1) is 12.5. The molecule has 2 N–H and O–H groups in total. The summed E-state index contributed by atoms with van der Waals surface area (Å²) in [5, 5.41) is 6.98. The Morgan fingerprint density at radius 1 is 1.08 bits per heavy atom. The van der Waals surface area contributed by atoms with Gasteiger partial charge in [-0.1, -0.05) is 23.2 Å². The molecule has 1 heterocycles. The number of amides is 1. The van der Waals surface area contributed by atoms with Crippen LogP contribution in [-0.2, 0) is 4.74 Å². The standard InChI is InChI=1S/C18H17Cl2N3O2S/c19-13-3-1-12(2-4-13)17(24)22-18(26)21-14-5-6-16(15(20)11-14)23-7-9-25-10-8-23/h1-6,11H,7-10H2,(H2,21,22,24,26). The molecular formula is C18H17Cl2N3O2S. The minimum absolute atomic E-state index is 0.195. The highest BCUT2D eigenvalue weighted by atomic mass is 35.5. The monoisotopic (exact) mass is 409 g/mol. The number of carbonyl (C=O) groups excluding carboxylic acids is 1. The summed E-state index contributed by atoms with van der Waals surface area (Å²) >= 11 is 17.4. The summed E-state index contributed by atoms with van der Waals surface area (Å²) in [6.07, 6.45) is 0. The Bertz CT molecular complexity index is 809. The molecule has 1 saturated heterocycles. The molecule has 26 heavy (non-hydrogen) atoms. The number of nitrogens with zero attached hydrogens (tertiary/aromatic N) is 1. The minimum atomic E-state index is -0.310. The molecule has 0 aromatic heterocycles. The van der Waals surface area contributed by atoms with Crippen LogP contribution in [-0.4, -0.2) is 37.3 Å². The van der Waals surface area contributed by atoms with Crippen molar-refractivity contribution in [2.45, 2.75) is 0 Å². The van der Waals surface area contributed by atoms with Crippen LogP contribution >= 0.6 is 35.4 Å². The SMILES string of the molecule is O=C(NC(=S)Nc1ccc(N2CCOCC2)c(Cl)c1)c1ccc(Cl)cc1. The van der Waals surface area contributed by atoms with Gasteiger partial charge in [0.25, 0.3) is 5.91 Å². The lowest BCUT2D eigenvalue weighted by Crippen LogP contribution is -2.36. The van der Waals surface area contributed by atoms with E-state index in [0.717, 1.165) is 18.8 Å². The van der Waals surface area contributed by atoms with E-state index >= 15 is 0 Å². The van der Waals surface area contributed by atoms with E-state index in [9.17, 15) is 4.79 Å². The van der Waals surface area contributed by atoms with Gasteiger partial charge in [0, 0.05) is 29.4 Å². The Labute approximate surface area is 167 Å². The van der Waals surface area contributed by atoms with Crippen LogP contribution in [0.5, 0.6) is 0 Å². The molecular weight excluding hydrogens is 393 g/mol. The maximum atomic E-state index is 12.2. The number of hydrogen-bond donors (Lipinski definition) is 2. The molecule has 8 heteroatoms. The van der Waals surface area contributed by atoms with Gasteiger partial charge in [-0.05, 0) is 54.7 Å². The molecule has 1 aliphatic rings. The number of anilines is 2. The van der Waals surface area contributed by atoms with Crippen molar-refractivity contribution in [2.24, 2.45) is 0 Å². The van der Waals surface area contributed by atoms with Crippen LogP contribution < -0.4 is 15.5 Å². The van der Waals surface area contributed by atoms with E-state index in [0.29, 0.717) is 34.5 Å². The van der Waals surface area contributed by atoms with Crippen molar-refractivity contribution in [2.75, 3.05) is 36.5 Å². The van der Waals surface area contributed by atoms with Crippen LogP contribution in [0.15, 0.2) is 42.5 Å². The highest BCUT2D eigenvalue weighted by molar-refractivity contribution is 7.80. The van der Waals surface area contributed by atoms with E-state index in [2.05, 4.69) is 15.5 Å². The smallest absolute Gasteiger partial charge is 0.257 e. The zero-order chi connectivity index (χ0) is 18.5. The van der Waals surface area contributed by atoms with Gasteiger partial charge in [-0.25, -0.2) is 0 Å². The molecule has 0 atom stereocenters. The molecule has 0 saturated carbocycles. The largest absolute Gasteiger partial charge is 0.378 e. The summed E-state index contributed by atoms with van der Waals surface area (Å²) < 4.78 is 5.36. The molecule has 1 aliphatic heterocycles. The van der Waals surface area contributed by atoms with Gasteiger partial charge in [0.05, 0.1) is 23.9 Å². The van der Waals surface area contributed by atoms with Gasteiger partial charge < -0.3 is 15.0 Å². The second-order valence-electron chi connectivity index (χ2n) is 5.68. The summed E-state index contributed by atoms with van der Waals surface area (Å²) in [4.78, 5) is 14.3. The number of halogens is 2. The third-order valence-electron chi connectivity index (χ3n) is 3.89. The number of hydrogen-bond acceptors (Lipinski definition) is 4. The Balaban J connectivity index is 1.61. The predicted octanol–water partition coefficient (Wildman–Crippen LogP) is 3.96. The first-order valence-corrected chi connectivity index (χ1v) is 9.19. The topological polar surface area (TPSA) is 53.6 Å². The summed E-state index contributed by atoms with van der Waals surface area (Å²) in [5.74, 6) is -0.310. The van der Waals surface area contributed by atoms with Crippen LogP contribution in [0.1, 0.15) is 10.4 Å². The zero-order valence-electron chi connectivity index (χ0n) is 13.8. The summed E-state index contributed by atoms with van der Waals surface area (Å²) in [7, 11) is 0. The van der Waals surface area contributed by atoms with Gasteiger partial charge >= 0.3 is 0 Å². The molecule has 3 rings (SSSR count). The number of ether oxygens (including phenoxy) is 1. The molecule has 0 bridgehead atoms. The van der Waals surface area contributed by atoms with Gasteiger partial charge in [-0.3, -0.25) is 10.1 Å². The lowest BCUT2D eigenvalue weighted by Gasteiger charge is -2.29. The molecule has 5 nitrogen and oxygen atoms in total. The predicted molar refractivity (Wildman–Crippen MR) is 110 cm³/mol. The molecule has 0 unspecified atom stereocenters. The van der Waals surface area contributed by atoms with E-state index in [1.165, 1.54) is 0 Å². The summed E-state index contributed by atoms with van der Waals surface area (Å²) in [5.41, 5.74) is 2.13. The van der Waals surface area contributed by atoms with Gasteiger partial charge in [-0.2, -0.15) is 0 Å². The second-order valence-corrected chi connectivity index (χ2v) is 6.93. The van der Waals surface area contributed by atoms with Crippen molar-refractivity contribution in [3.63, 3.8) is 0 Å². The van der Waals surface area contributed by atoms with Crippen LogP contribution in [0.3, 0.4) is 0 Å². The van der Waals surface area contributed by atoms with Gasteiger partial charge in [0.15, 0.2) is 5.11 Å². The molecule has 1 amide bonds. The lowest BCUT2D eigenvalue weighted by molar-refractivity contribution is 0.0977. The van der Waals surface area contributed by atoms with Crippen molar-refractivity contribution < 1.29 is 9.53 Å².